The molecule has 0 radical (unpaired) electrons. The van der Waals surface area contributed by atoms with Gasteiger partial charge in [-0.15, -0.1) is 10.2 Å². The summed E-state index contributed by atoms with van der Waals surface area (Å²) in [5, 5.41) is 13.3. The van der Waals surface area contributed by atoms with Gasteiger partial charge in [0.05, 0.1) is 25.5 Å². The molecule has 0 N–H and O–H groups in total. The lowest BCUT2D eigenvalue weighted by Crippen LogP contribution is -2.08. The van der Waals surface area contributed by atoms with Gasteiger partial charge in [-0.3, -0.25) is 9.08 Å². The highest BCUT2D eigenvalue weighted by atomic mass is 16.5. The number of hydrogen-bond donors (Lipinski definition) is 0. The molecule has 0 amide bonds. The van der Waals surface area contributed by atoms with Crippen LogP contribution >= 0.6 is 0 Å². The van der Waals surface area contributed by atoms with Crippen LogP contribution in [0.3, 0.4) is 0 Å². The molecule has 4 aromatic rings. The minimum Gasteiger partial charge on any atom is -0.493 e. The molecule has 1 aliphatic heterocycles. The number of fused-ring (bicyclic) bond motifs is 2. The zero-order chi connectivity index (χ0) is 21.4. The van der Waals surface area contributed by atoms with Gasteiger partial charge in [-0.1, -0.05) is 12.1 Å². The van der Waals surface area contributed by atoms with Crippen molar-refractivity contribution in [3.8, 4) is 16.9 Å². The second-order valence-corrected chi connectivity index (χ2v) is 7.87. The molecular weight excluding hydrogens is 392 g/mol. The summed E-state index contributed by atoms with van der Waals surface area (Å²) in [5.41, 5.74) is 7.51. The van der Waals surface area contributed by atoms with E-state index in [4.69, 9.17) is 14.5 Å². The molecule has 0 aliphatic carbocycles. The summed E-state index contributed by atoms with van der Waals surface area (Å²) in [6.07, 6.45) is 6.34. The van der Waals surface area contributed by atoms with Crippen molar-refractivity contribution in [2.24, 2.45) is 0 Å². The van der Waals surface area contributed by atoms with E-state index in [9.17, 15) is 0 Å². The van der Waals surface area contributed by atoms with Crippen molar-refractivity contribution in [1.82, 2.24) is 29.4 Å². The Morgan fingerprint density at radius 3 is 2.97 bits per heavy atom. The van der Waals surface area contributed by atoms with Gasteiger partial charge in [0.15, 0.2) is 5.65 Å². The van der Waals surface area contributed by atoms with Crippen LogP contribution in [0.5, 0.6) is 5.75 Å². The van der Waals surface area contributed by atoms with Gasteiger partial charge >= 0.3 is 0 Å². The first kappa shape index (κ1) is 19.7. The number of nitrogens with zero attached hydrogens (tertiary/aromatic N) is 6. The average Bonchev–Trinajstić information content (AvgIpc) is 3.50. The fourth-order valence-corrected chi connectivity index (χ4v) is 4.48. The van der Waals surface area contributed by atoms with Gasteiger partial charge in [-0.25, -0.2) is 4.98 Å². The number of aryl methyl sites for hydroxylation is 3. The molecule has 1 aliphatic rings. The van der Waals surface area contributed by atoms with Crippen molar-refractivity contribution in [2.75, 3.05) is 20.3 Å². The number of rotatable bonds is 7. The highest BCUT2D eigenvalue weighted by Gasteiger charge is 2.20. The lowest BCUT2D eigenvalue weighted by molar-refractivity contribution is 0.182. The van der Waals surface area contributed by atoms with Crippen LogP contribution in [-0.2, 0) is 30.5 Å². The van der Waals surface area contributed by atoms with Crippen molar-refractivity contribution < 1.29 is 9.47 Å². The predicted octanol–water partition coefficient (Wildman–Crippen LogP) is 2.97. The fraction of sp³-hybridized carbons (Fsp3) is 0.391. The van der Waals surface area contributed by atoms with Gasteiger partial charge in [0.25, 0.3) is 0 Å². The normalized spacial score (nSPS) is 13.0. The standard InChI is InChI=1S/C23H26N6O2/c1-15-22(16(2)29(27-15)10-12-30-3)19-13-24-21(28-14-25-26-23(19)28)8-7-17-5-4-6-20-18(17)9-11-31-20/h4-6,13-14H,7-12H2,1-3H3. The monoisotopic (exact) mass is 418 g/mol. The molecule has 4 heterocycles. The fourth-order valence-electron chi connectivity index (χ4n) is 4.48. The van der Waals surface area contributed by atoms with E-state index in [-0.39, 0.29) is 0 Å². The van der Waals surface area contributed by atoms with E-state index in [0.29, 0.717) is 13.2 Å². The van der Waals surface area contributed by atoms with Crippen LogP contribution in [0.15, 0.2) is 30.7 Å². The van der Waals surface area contributed by atoms with Crippen molar-refractivity contribution in [1.29, 1.82) is 0 Å². The van der Waals surface area contributed by atoms with Crippen molar-refractivity contribution in [2.45, 2.75) is 39.7 Å². The van der Waals surface area contributed by atoms with E-state index in [1.54, 1.807) is 13.4 Å². The van der Waals surface area contributed by atoms with Crippen LogP contribution in [-0.4, -0.2) is 49.7 Å². The maximum atomic E-state index is 5.71. The van der Waals surface area contributed by atoms with E-state index >= 15 is 0 Å². The number of methoxy groups -OCH3 is 1. The molecule has 8 nitrogen and oxygen atoms in total. The molecule has 160 valence electrons. The zero-order valence-corrected chi connectivity index (χ0v) is 18.1. The molecule has 1 aromatic carbocycles. The zero-order valence-electron chi connectivity index (χ0n) is 18.1. The second-order valence-electron chi connectivity index (χ2n) is 7.87. The summed E-state index contributed by atoms with van der Waals surface area (Å²) in [7, 11) is 1.70. The average molecular weight is 419 g/mol. The maximum Gasteiger partial charge on any atom is 0.171 e. The number of ether oxygens (including phenoxy) is 2. The quantitative estimate of drug-likeness (QED) is 0.459. The van der Waals surface area contributed by atoms with Gasteiger partial charge in [0.2, 0.25) is 0 Å². The van der Waals surface area contributed by atoms with Gasteiger partial charge in [0.1, 0.15) is 17.9 Å². The first-order valence-corrected chi connectivity index (χ1v) is 10.6. The Kier molecular flexibility index (Phi) is 5.15. The lowest BCUT2D eigenvalue weighted by atomic mass is 10.0. The first-order valence-electron chi connectivity index (χ1n) is 10.6. The lowest BCUT2D eigenvalue weighted by Gasteiger charge is -2.10. The van der Waals surface area contributed by atoms with Crippen LogP contribution in [0.2, 0.25) is 0 Å². The molecule has 0 saturated carbocycles. The summed E-state index contributed by atoms with van der Waals surface area (Å²) in [6, 6.07) is 6.30. The molecule has 0 fully saturated rings. The third kappa shape index (κ3) is 3.46. The molecule has 0 atom stereocenters. The Labute approximate surface area is 180 Å². The maximum absolute atomic E-state index is 5.71. The van der Waals surface area contributed by atoms with E-state index in [1.807, 2.05) is 28.3 Å². The van der Waals surface area contributed by atoms with Crippen LogP contribution in [0.4, 0.5) is 0 Å². The molecular formula is C23H26N6O2. The molecule has 0 spiro atoms. The Balaban J connectivity index is 1.47. The largest absolute Gasteiger partial charge is 0.493 e. The van der Waals surface area contributed by atoms with Crippen LogP contribution in [0.1, 0.15) is 28.3 Å². The van der Waals surface area contributed by atoms with E-state index in [2.05, 4.69) is 34.4 Å². The number of benzene rings is 1. The molecule has 0 unspecified atom stereocenters. The first-order chi connectivity index (χ1) is 15.2. The SMILES string of the molecule is COCCn1nc(C)c(-c2cnc(CCc3cccc4c3CCO4)n3cnnc23)c1C. The molecule has 0 bridgehead atoms. The molecule has 5 rings (SSSR count). The number of hydrogen-bond acceptors (Lipinski definition) is 6. The topological polar surface area (TPSA) is 79.4 Å². The summed E-state index contributed by atoms with van der Waals surface area (Å²) in [6.45, 7) is 6.19. The second kappa shape index (κ2) is 8.11. The van der Waals surface area contributed by atoms with Crippen molar-refractivity contribution in [3.63, 3.8) is 0 Å². The molecule has 3 aromatic heterocycles. The van der Waals surface area contributed by atoms with Crippen molar-refractivity contribution >= 4 is 5.65 Å². The predicted molar refractivity (Wildman–Crippen MR) is 116 cm³/mol. The van der Waals surface area contributed by atoms with Crippen LogP contribution in [0, 0.1) is 13.8 Å². The van der Waals surface area contributed by atoms with E-state index in [0.717, 1.165) is 65.6 Å². The van der Waals surface area contributed by atoms with Gasteiger partial charge in [-0.05, 0) is 31.9 Å². The van der Waals surface area contributed by atoms with Crippen LogP contribution < -0.4 is 4.74 Å². The third-order valence-electron chi connectivity index (χ3n) is 6.03. The summed E-state index contributed by atoms with van der Waals surface area (Å²) in [5.74, 6) is 1.97. The van der Waals surface area contributed by atoms with Gasteiger partial charge < -0.3 is 9.47 Å². The Hall–Kier alpha value is -3.26. The minimum atomic E-state index is 0.618. The summed E-state index contributed by atoms with van der Waals surface area (Å²) < 4.78 is 14.9. The van der Waals surface area contributed by atoms with Crippen LogP contribution in [0.25, 0.3) is 16.8 Å². The molecule has 8 heteroatoms. The highest BCUT2D eigenvalue weighted by Crippen LogP contribution is 2.31. The van der Waals surface area contributed by atoms with E-state index in [1.165, 1.54) is 11.1 Å². The van der Waals surface area contributed by atoms with Gasteiger partial charge in [0, 0.05) is 48.5 Å². The molecule has 0 saturated heterocycles. The van der Waals surface area contributed by atoms with Gasteiger partial charge in [-0.2, -0.15) is 5.10 Å². The number of aromatic nitrogens is 6. The Morgan fingerprint density at radius 2 is 2.10 bits per heavy atom. The minimum absolute atomic E-state index is 0.618. The third-order valence-corrected chi connectivity index (χ3v) is 6.03. The van der Waals surface area contributed by atoms with Crippen molar-refractivity contribution in [3.05, 3.63) is 59.1 Å². The highest BCUT2D eigenvalue weighted by molar-refractivity contribution is 5.79. The summed E-state index contributed by atoms with van der Waals surface area (Å²) in [4.78, 5) is 4.81. The Bertz CT molecular complexity index is 1240. The summed E-state index contributed by atoms with van der Waals surface area (Å²) >= 11 is 0. The smallest absolute Gasteiger partial charge is 0.171 e. The van der Waals surface area contributed by atoms with E-state index < -0.39 is 0 Å². The Morgan fingerprint density at radius 1 is 1.19 bits per heavy atom. The molecule has 31 heavy (non-hydrogen) atoms.